The molecule has 0 saturated carbocycles. The van der Waals surface area contributed by atoms with Crippen molar-refractivity contribution in [3.05, 3.63) is 24.3 Å². The fourth-order valence-electron chi connectivity index (χ4n) is 0.762. The van der Waals surface area contributed by atoms with Crippen LogP contribution in [-0.2, 0) is 26.1 Å². The van der Waals surface area contributed by atoms with Crippen molar-refractivity contribution in [2.24, 2.45) is 5.73 Å². The summed E-state index contributed by atoms with van der Waals surface area (Å²) in [7, 11) is 0. The number of ether oxygens (including phenoxy) is 1. The van der Waals surface area contributed by atoms with Crippen molar-refractivity contribution in [1.29, 1.82) is 0 Å². The van der Waals surface area contributed by atoms with Gasteiger partial charge in [0.05, 0.1) is 0 Å². The normalized spacial score (nSPS) is 9.73. The molecule has 0 spiro atoms. The van der Waals surface area contributed by atoms with Crippen LogP contribution in [0.5, 0.6) is 5.75 Å². The Morgan fingerprint density at radius 2 is 1.91 bits per heavy atom. The van der Waals surface area contributed by atoms with Crippen LogP contribution in [0.3, 0.4) is 0 Å². The topological polar surface area (TPSA) is 35.2 Å². The Bertz CT molecular complexity index is 210. The molecule has 1 rings (SSSR count). The monoisotopic (exact) mass is 338 g/mol. The number of rotatable bonds is 3. The van der Waals surface area contributed by atoms with Crippen LogP contribution in [-0.4, -0.2) is 13.2 Å². The standard InChI is InChI=1S/C8H10NO.Hg/c9-6-7-10-8-4-2-1-3-5-8;/h2-5H,6-7,9H2;/q;+1. The van der Waals surface area contributed by atoms with Gasteiger partial charge in [0.1, 0.15) is 0 Å². The van der Waals surface area contributed by atoms with E-state index < -0.39 is 0 Å². The van der Waals surface area contributed by atoms with Crippen molar-refractivity contribution in [1.82, 2.24) is 0 Å². The molecule has 0 radical (unpaired) electrons. The van der Waals surface area contributed by atoms with E-state index in [0.717, 1.165) is 5.75 Å². The zero-order valence-electron chi connectivity index (χ0n) is 6.42. The summed E-state index contributed by atoms with van der Waals surface area (Å²) in [6.45, 7) is 1.18. The molecule has 0 atom stereocenters. The fourth-order valence-corrected chi connectivity index (χ4v) is 1.68. The Kier molecular flexibility index (Phi) is 3.87. The molecule has 0 unspecified atom stereocenters. The van der Waals surface area contributed by atoms with E-state index in [4.69, 9.17) is 10.5 Å². The molecule has 0 amide bonds. The predicted molar refractivity (Wildman–Crippen MR) is 40.6 cm³/mol. The van der Waals surface area contributed by atoms with Gasteiger partial charge in [-0.05, 0) is 0 Å². The van der Waals surface area contributed by atoms with E-state index in [1.54, 1.807) is 0 Å². The van der Waals surface area contributed by atoms with Gasteiger partial charge < -0.3 is 0 Å². The van der Waals surface area contributed by atoms with Crippen LogP contribution < -0.4 is 13.5 Å². The van der Waals surface area contributed by atoms with Crippen LogP contribution in [0.4, 0.5) is 0 Å². The molecule has 2 nitrogen and oxygen atoms in total. The van der Waals surface area contributed by atoms with Crippen LogP contribution in [0.25, 0.3) is 0 Å². The Morgan fingerprint density at radius 1 is 1.27 bits per heavy atom. The summed E-state index contributed by atoms with van der Waals surface area (Å²) >= 11 is 0.716. The second-order valence-electron chi connectivity index (χ2n) is 2.28. The Balaban J connectivity index is 2.52. The van der Waals surface area contributed by atoms with E-state index in [9.17, 15) is 0 Å². The average Bonchev–Trinajstić information content (AvgIpc) is 2.04. The van der Waals surface area contributed by atoms with E-state index in [1.807, 2.05) is 12.1 Å². The minimum atomic E-state index is 0.576. The maximum atomic E-state index is 5.31. The fraction of sp³-hybridized carbons (Fsp3) is 0.250. The molecule has 0 fully saturated rings. The summed E-state index contributed by atoms with van der Waals surface area (Å²) in [5.41, 5.74) is 5.29. The van der Waals surface area contributed by atoms with Crippen molar-refractivity contribution < 1.29 is 30.9 Å². The van der Waals surface area contributed by atoms with Gasteiger partial charge in [0.25, 0.3) is 0 Å². The van der Waals surface area contributed by atoms with Crippen molar-refractivity contribution in [3.8, 4) is 5.75 Å². The third kappa shape index (κ3) is 3.21. The predicted octanol–water partition coefficient (Wildman–Crippen LogP) is 0.196. The average molecular weight is 337 g/mol. The van der Waals surface area contributed by atoms with Crippen molar-refractivity contribution in [2.45, 2.75) is 0 Å². The second-order valence-corrected chi connectivity index (χ2v) is 5.46. The van der Waals surface area contributed by atoms with Crippen LogP contribution in [0.15, 0.2) is 24.3 Å². The quantitative estimate of drug-likeness (QED) is 0.800. The number of benzene rings is 1. The molecule has 54 valence electrons. The summed E-state index contributed by atoms with van der Waals surface area (Å²) < 4.78 is 6.74. The molecule has 0 aliphatic heterocycles. The Hall–Kier alpha value is -0.0849. The molecule has 2 N–H and O–H groups in total. The third-order valence-electron chi connectivity index (χ3n) is 1.31. The SMILES string of the molecule is NCCOc1cc[c]([Hg+])cc1. The van der Waals surface area contributed by atoms with Gasteiger partial charge in [-0.1, -0.05) is 0 Å². The van der Waals surface area contributed by atoms with Crippen molar-refractivity contribution in [2.75, 3.05) is 13.2 Å². The third-order valence-corrected chi connectivity index (χ3v) is 3.14. The van der Waals surface area contributed by atoms with E-state index in [-0.39, 0.29) is 0 Å². The molecule has 0 bridgehead atoms. The summed E-state index contributed by atoms with van der Waals surface area (Å²) in [5.74, 6) is 0.921. The van der Waals surface area contributed by atoms with Gasteiger partial charge in [0, 0.05) is 0 Å². The van der Waals surface area contributed by atoms with Gasteiger partial charge in [-0.25, -0.2) is 0 Å². The first-order valence-electron chi connectivity index (χ1n) is 3.58. The molecule has 1 aromatic rings. The van der Waals surface area contributed by atoms with E-state index in [2.05, 4.69) is 12.1 Å². The molecule has 0 aliphatic rings. The minimum absolute atomic E-state index is 0.576. The summed E-state index contributed by atoms with van der Waals surface area (Å²) in [6.07, 6.45) is 0. The van der Waals surface area contributed by atoms with E-state index >= 15 is 0 Å². The van der Waals surface area contributed by atoms with Crippen LogP contribution in [0.2, 0.25) is 0 Å². The maximum absolute atomic E-state index is 5.31. The van der Waals surface area contributed by atoms with Crippen LogP contribution in [0, 0.1) is 0 Å². The molecule has 0 heterocycles. The Morgan fingerprint density at radius 3 is 2.45 bits per heavy atom. The first-order chi connectivity index (χ1) is 5.33. The second kappa shape index (κ2) is 4.72. The number of nitrogens with two attached hydrogens (primary N) is 1. The van der Waals surface area contributed by atoms with Crippen LogP contribution >= 0.6 is 0 Å². The first-order valence-corrected chi connectivity index (χ1v) is 6.32. The molecule has 11 heavy (non-hydrogen) atoms. The van der Waals surface area contributed by atoms with Gasteiger partial charge in [-0.15, -0.1) is 0 Å². The molecule has 0 aromatic heterocycles. The molecule has 0 aliphatic carbocycles. The molecule has 1 aromatic carbocycles. The van der Waals surface area contributed by atoms with Gasteiger partial charge in [-0.2, -0.15) is 0 Å². The number of hydrogen-bond donors (Lipinski definition) is 1. The van der Waals surface area contributed by atoms with Gasteiger partial charge in [0.15, 0.2) is 0 Å². The molecular weight excluding hydrogens is 327 g/mol. The van der Waals surface area contributed by atoms with Gasteiger partial charge >= 0.3 is 82.8 Å². The number of hydrogen-bond acceptors (Lipinski definition) is 2. The summed E-state index contributed by atoms with van der Waals surface area (Å²) in [6, 6.07) is 8.21. The first kappa shape index (κ1) is 9.01. The summed E-state index contributed by atoms with van der Waals surface area (Å²) in [5, 5.41) is 0. The van der Waals surface area contributed by atoms with E-state index in [1.165, 1.54) is 3.07 Å². The zero-order valence-corrected chi connectivity index (χ0v) is 11.9. The van der Waals surface area contributed by atoms with Crippen LogP contribution in [0.1, 0.15) is 0 Å². The van der Waals surface area contributed by atoms with Crippen molar-refractivity contribution >= 4 is 3.07 Å². The van der Waals surface area contributed by atoms with Crippen molar-refractivity contribution in [3.63, 3.8) is 0 Å². The van der Waals surface area contributed by atoms with Gasteiger partial charge in [-0.3, -0.25) is 0 Å². The van der Waals surface area contributed by atoms with Gasteiger partial charge in [0.2, 0.25) is 0 Å². The zero-order chi connectivity index (χ0) is 8.10. The molecule has 0 saturated heterocycles. The summed E-state index contributed by atoms with van der Waals surface area (Å²) in [4.78, 5) is 0. The van der Waals surface area contributed by atoms with E-state index in [0.29, 0.717) is 39.3 Å². The Labute approximate surface area is 82.7 Å². The molecular formula is C8H10HgNO+. The molecule has 3 heteroatoms.